The maximum absolute atomic E-state index is 11.8. The zero-order chi connectivity index (χ0) is 26.9. The summed E-state index contributed by atoms with van der Waals surface area (Å²) in [5.41, 5.74) is 6.15. The molecule has 0 radical (unpaired) electrons. The molecule has 0 saturated carbocycles. The van der Waals surface area contributed by atoms with Gasteiger partial charge < -0.3 is 20.3 Å². The second kappa shape index (κ2) is 12.6. The number of benzene rings is 2. The Kier molecular flexibility index (Phi) is 8.79. The van der Waals surface area contributed by atoms with Crippen LogP contribution in [0.3, 0.4) is 0 Å². The van der Waals surface area contributed by atoms with Crippen LogP contribution in [0.15, 0.2) is 101 Å². The van der Waals surface area contributed by atoms with E-state index >= 15 is 0 Å². The molecule has 1 aliphatic carbocycles. The molecule has 0 aromatic heterocycles. The Bertz CT molecular complexity index is 1320. The molecule has 1 heterocycles. The van der Waals surface area contributed by atoms with Gasteiger partial charge in [0.15, 0.2) is 0 Å². The molecule has 194 valence electrons. The molecule has 8 heteroatoms. The summed E-state index contributed by atoms with van der Waals surface area (Å²) >= 11 is 0. The number of carbonyl (C=O) groups is 2. The average molecular weight is 509 g/mol. The lowest BCUT2D eigenvalue weighted by atomic mass is 9.92. The van der Waals surface area contributed by atoms with Crippen LogP contribution in [0.1, 0.15) is 5.56 Å². The molecule has 2 aliphatic rings. The predicted molar refractivity (Wildman–Crippen MR) is 157 cm³/mol. The van der Waals surface area contributed by atoms with E-state index in [2.05, 4.69) is 50.9 Å². The van der Waals surface area contributed by atoms with Crippen LogP contribution in [0.2, 0.25) is 0 Å². The quantitative estimate of drug-likeness (QED) is 0.301. The zero-order valence-corrected chi connectivity index (χ0v) is 21.5. The molecule has 1 fully saturated rings. The first-order valence-electron chi connectivity index (χ1n) is 12.4. The summed E-state index contributed by atoms with van der Waals surface area (Å²) in [6.45, 7) is 9.88. The summed E-state index contributed by atoms with van der Waals surface area (Å²) in [5, 5.41) is 6.17. The normalized spacial score (nSPS) is 19.7. The third-order valence-electron chi connectivity index (χ3n) is 6.53. The first-order valence-corrected chi connectivity index (χ1v) is 12.4. The van der Waals surface area contributed by atoms with Crippen LogP contribution in [0, 0.1) is 0 Å². The Balaban J connectivity index is 1.49. The summed E-state index contributed by atoms with van der Waals surface area (Å²) in [4.78, 5) is 36.3. The van der Waals surface area contributed by atoms with Crippen LogP contribution in [-0.2, 0) is 9.59 Å². The Hall–Kier alpha value is -4.56. The molecule has 4 rings (SSSR count). The van der Waals surface area contributed by atoms with E-state index < -0.39 is 0 Å². The van der Waals surface area contributed by atoms with Crippen LogP contribution >= 0.6 is 0 Å². The van der Waals surface area contributed by atoms with Gasteiger partial charge in [0.2, 0.25) is 5.91 Å². The smallest absolute Gasteiger partial charge is 0.247 e. The standard InChI is InChI=1S/C30H32N6O2/c1-4-29(38)34-25-9-5-7-22(17-25)28-10-6-8-23(18-31-2)30(28)33-21-32-24-11-13-26(14-12-24)36-16-15-35(3)27(19-36)20-37/h4-14,17-18,20,27,32H,1-2,15-16,19,21H2,3H3,(H,34,38)/b23-18-,33-30+. The number of piperazine rings is 1. The number of nitrogens with zero attached hydrogens (tertiary/aromatic N) is 4. The molecule has 1 atom stereocenters. The minimum Gasteiger partial charge on any atom is -0.368 e. The maximum atomic E-state index is 11.8. The van der Waals surface area contributed by atoms with Gasteiger partial charge >= 0.3 is 0 Å². The van der Waals surface area contributed by atoms with E-state index in [-0.39, 0.29) is 11.9 Å². The molecular weight excluding hydrogens is 476 g/mol. The maximum Gasteiger partial charge on any atom is 0.247 e. The number of nitrogens with one attached hydrogen (secondary N) is 2. The van der Waals surface area contributed by atoms with Crippen molar-refractivity contribution in [2.45, 2.75) is 6.04 Å². The van der Waals surface area contributed by atoms with Crippen LogP contribution < -0.4 is 15.5 Å². The second-order valence-corrected chi connectivity index (χ2v) is 9.00. The lowest BCUT2D eigenvalue weighted by Gasteiger charge is -2.38. The van der Waals surface area contributed by atoms with Crippen LogP contribution in [0.25, 0.3) is 5.57 Å². The number of rotatable bonds is 9. The summed E-state index contributed by atoms with van der Waals surface area (Å²) in [5.74, 6) is -0.267. The third kappa shape index (κ3) is 6.41. The SMILES string of the molecule is C=CC(=O)Nc1cccc(C2=CC=CC(=C/N=C)/C2=N\CNc2ccc(N3CCN(C)C(C=O)C3)cc2)c1. The molecule has 0 spiro atoms. The van der Waals surface area contributed by atoms with Crippen molar-refractivity contribution < 1.29 is 9.59 Å². The number of aldehydes is 1. The van der Waals surface area contributed by atoms with Gasteiger partial charge in [0, 0.05) is 54.0 Å². The fraction of sp³-hybridized carbons (Fsp3) is 0.200. The minimum absolute atomic E-state index is 0.0876. The molecule has 8 nitrogen and oxygen atoms in total. The first-order chi connectivity index (χ1) is 18.5. The average Bonchev–Trinajstić information content (AvgIpc) is 2.94. The van der Waals surface area contributed by atoms with Gasteiger partial charge in [-0.05, 0) is 61.8 Å². The van der Waals surface area contributed by atoms with Crippen molar-refractivity contribution in [3.8, 4) is 0 Å². The molecule has 0 bridgehead atoms. The fourth-order valence-corrected chi connectivity index (χ4v) is 4.41. The van der Waals surface area contributed by atoms with Crippen molar-refractivity contribution in [2.75, 3.05) is 48.9 Å². The highest BCUT2D eigenvalue weighted by Gasteiger charge is 2.23. The van der Waals surface area contributed by atoms with E-state index in [0.29, 0.717) is 18.9 Å². The zero-order valence-electron chi connectivity index (χ0n) is 21.5. The number of allylic oxidation sites excluding steroid dienone is 5. The Morgan fingerprint density at radius 1 is 1.16 bits per heavy atom. The van der Waals surface area contributed by atoms with Gasteiger partial charge in [-0.25, -0.2) is 0 Å². The van der Waals surface area contributed by atoms with E-state index in [0.717, 1.165) is 53.2 Å². The monoisotopic (exact) mass is 508 g/mol. The van der Waals surface area contributed by atoms with Crippen molar-refractivity contribution in [1.82, 2.24) is 4.90 Å². The van der Waals surface area contributed by atoms with Gasteiger partial charge in [0.1, 0.15) is 13.0 Å². The number of aliphatic imine (C=N–C) groups is 2. The molecule has 2 N–H and O–H groups in total. The molecule has 2 aromatic carbocycles. The highest BCUT2D eigenvalue weighted by atomic mass is 16.1. The van der Waals surface area contributed by atoms with Gasteiger partial charge in [-0.1, -0.05) is 36.9 Å². The number of likely N-dealkylation sites (N-methyl/N-ethyl adjacent to an activating group) is 1. The van der Waals surface area contributed by atoms with E-state index in [1.165, 1.54) is 6.08 Å². The van der Waals surface area contributed by atoms with Crippen molar-refractivity contribution in [1.29, 1.82) is 0 Å². The number of amides is 1. The van der Waals surface area contributed by atoms with E-state index in [1.807, 2.05) is 61.7 Å². The second-order valence-electron chi connectivity index (χ2n) is 9.00. The first kappa shape index (κ1) is 26.5. The lowest BCUT2D eigenvalue weighted by molar-refractivity contribution is -0.112. The van der Waals surface area contributed by atoms with Gasteiger partial charge in [0.05, 0.1) is 11.8 Å². The Labute approximate surface area is 223 Å². The van der Waals surface area contributed by atoms with Crippen LogP contribution in [0.4, 0.5) is 17.1 Å². The van der Waals surface area contributed by atoms with E-state index in [1.54, 1.807) is 6.20 Å². The highest BCUT2D eigenvalue weighted by molar-refractivity contribution is 6.34. The summed E-state index contributed by atoms with van der Waals surface area (Å²) in [6.07, 6.45) is 9.82. The summed E-state index contributed by atoms with van der Waals surface area (Å²) in [7, 11) is 1.98. The van der Waals surface area contributed by atoms with Crippen molar-refractivity contribution in [2.24, 2.45) is 9.98 Å². The van der Waals surface area contributed by atoms with E-state index in [4.69, 9.17) is 4.99 Å². The lowest BCUT2D eigenvalue weighted by Crippen LogP contribution is -2.52. The highest BCUT2D eigenvalue weighted by Crippen LogP contribution is 2.27. The summed E-state index contributed by atoms with van der Waals surface area (Å²) in [6, 6.07) is 15.7. The number of hydrogen-bond donors (Lipinski definition) is 2. The minimum atomic E-state index is -0.267. The molecular formula is C30H32N6O2. The Morgan fingerprint density at radius 3 is 2.71 bits per heavy atom. The van der Waals surface area contributed by atoms with E-state index in [9.17, 15) is 9.59 Å². The van der Waals surface area contributed by atoms with Gasteiger partial charge in [-0.15, -0.1) is 0 Å². The molecule has 1 amide bonds. The number of anilines is 3. The topological polar surface area (TPSA) is 89.4 Å². The van der Waals surface area contributed by atoms with Gasteiger partial charge in [-0.2, -0.15) is 0 Å². The van der Waals surface area contributed by atoms with Crippen molar-refractivity contribution >= 4 is 47.3 Å². The predicted octanol–water partition coefficient (Wildman–Crippen LogP) is 4.18. The molecule has 2 aromatic rings. The van der Waals surface area contributed by atoms with Crippen molar-refractivity contribution in [3.05, 3.63) is 96.8 Å². The molecule has 38 heavy (non-hydrogen) atoms. The van der Waals surface area contributed by atoms with Gasteiger partial charge in [-0.3, -0.25) is 19.7 Å². The Morgan fingerprint density at radius 2 is 1.97 bits per heavy atom. The van der Waals surface area contributed by atoms with Crippen molar-refractivity contribution in [3.63, 3.8) is 0 Å². The van der Waals surface area contributed by atoms with Crippen LogP contribution in [-0.4, -0.2) is 68.9 Å². The number of hydrogen-bond acceptors (Lipinski definition) is 7. The molecule has 1 unspecified atom stereocenters. The fourth-order valence-electron chi connectivity index (χ4n) is 4.41. The summed E-state index contributed by atoms with van der Waals surface area (Å²) < 4.78 is 0. The third-order valence-corrected chi connectivity index (χ3v) is 6.53. The molecule has 1 saturated heterocycles. The van der Waals surface area contributed by atoms with Gasteiger partial charge in [0.25, 0.3) is 0 Å². The largest absolute Gasteiger partial charge is 0.368 e. The molecule has 1 aliphatic heterocycles. The van der Waals surface area contributed by atoms with Crippen LogP contribution in [0.5, 0.6) is 0 Å². The number of carbonyl (C=O) groups excluding carboxylic acids is 2.